The Hall–Kier alpha value is -1.53. The summed E-state index contributed by atoms with van der Waals surface area (Å²) in [6, 6.07) is 7.60. The van der Waals surface area contributed by atoms with Crippen molar-refractivity contribution in [2.24, 2.45) is 0 Å². The van der Waals surface area contributed by atoms with E-state index in [9.17, 15) is 4.79 Å². The third-order valence-electron chi connectivity index (χ3n) is 2.53. The molecule has 0 amide bonds. The van der Waals surface area contributed by atoms with Crippen molar-refractivity contribution in [1.29, 1.82) is 0 Å². The molecule has 0 unspecified atom stereocenters. The summed E-state index contributed by atoms with van der Waals surface area (Å²) in [7, 11) is 0. The molecule has 0 aliphatic heterocycles. The Morgan fingerprint density at radius 2 is 2.11 bits per heavy atom. The first-order chi connectivity index (χ1) is 9.24. The van der Waals surface area contributed by atoms with Crippen LogP contribution in [-0.2, 0) is 6.42 Å². The molecule has 1 aromatic heterocycles. The molecule has 0 saturated carbocycles. The Labute approximate surface area is 115 Å². The van der Waals surface area contributed by atoms with Crippen molar-refractivity contribution in [1.82, 2.24) is 9.78 Å². The van der Waals surface area contributed by atoms with Gasteiger partial charge in [0.05, 0.1) is 5.69 Å². The minimum atomic E-state index is -0.496. The van der Waals surface area contributed by atoms with Crippen molar-refractivity contribution < 1.29 is 9.52 Å². The highest BCUT2D eigenvalue weighted by atomic mass is 32.2. The molecule has 1 heterocycles. The van der Waals surface area contributed by atoms with Gasteiger partial charge in [-0.05, 0) is 36.4 Å². The smallest absolute Gasteiger partial charge is 0.396 e. The number of thioether (sulfide) groups is 1. The first-order valence-corrected chi connectivity index (χ1v) is 7.16. The molecule has 0 saturated heterocycles. The van der Waals surface area contributed by atoms with E-state index >= 15 is 0 Å². The molecule has 2 rings (SSSR count). The van der Waals surface area contributed by atoms with E-state index in [1.165, 1.54) is 4.68 Å². The summed E-state index contributed by atoms with van der Waals surface area (Å²) in [5, 5.41) is 12.9. The van der Waals surface area contributed by atoms with Crippen LogP contribution >= 0.6 is 11.8 Å². The number of rotatable bonds is 6. The van der Waals surface area contributed by atoms with Crippen molar-refractivity contribution in [3.8, 4) is 5.69 Å². The van der Waals surface area contributed by atoms with Crippen LogP contribution in [0.4, 0.5) is 0 Å². The lowest BCUT2D eigenvalue weighted by Crippen LogP contribution is -2.13. The molecule has 0 spiro atoms. The Balaban J connectivity index is 2.21. The topological polar surface area (TPSA) is 68.3 Å². The lowest BCUT2D eigenvalue weighted by molar-refractivity contribution is 0.282. The summed E-state index contributed by atoms with van der Waals surface area (Å²) >= 11 is 1.74. The van der Waals surface area contributed by atoms with Crippen molar-refractivity contribution in [2.45, 2.75) is 24.7 Å². The molecule has 0 atom stereocenters. The summed E-state index contributed by atoms with van der Waals surface area (Å²) in [5.74, 6) is 0.865. The number of aromatic nitrogens is 2. The highest BCUT2D eigenvalue weighted by Gasteiger charge is 2.09. The van der Waals surface area contributed by atoms with Gasteiger partial charge in [-0.2, -0.15) is 4.68 Å². The predicted octanol–water partition coefficient (Wildman–Crippen LogP) is 1.86. The molecular formula is C13H16N2O3S. The summed E-state index contributed by atoms with van der Waals surface area (Å²) in [6.45, 7) is 2.15. The lowest BCUT2D eigenvalue weighted by Gasteiger charge is -2.00. The summed E-state index contributed by atoms with van der Waals surface area (Å²) in [5.41, 5.74) is 0.685. The number of hydrogen-bond acceptors (Lipinski definition) is 5. The number of nitrogens with zero attached hydrogens (tertiary/aromatic N) is 2. The highest BCUT2D eigenvalue weighted by Crippen LogP contribution is 2.18. The van der Waals surface area contributed by atoms with Crippen molar-refractivity contribution >= 4 is 11.8 Å². The van der Waals surface area contributed by atoms with Crippen LogP contribution in [0.3, 0.4) is 0 Å². The highest BCUT2D eigenvalue weighted by molar-refractivity contribution is 7.99. The molecule has 0 bridgehead atoms. The number of aliphatic hydroxyl groups is 1. The molecule has 6 heteroatoms. The third-order valence-corrected chi connectivity index (χ3v) is 3.42. The van der Waals surface area contributed by atoms with Crippen LogP contribution in [0.5, 0.6) is 0 Å². The zero-order valence-electron chi connectivity index (χ0n) is 10.7. The van der Waals surface area contributed by atoms with Crippen LogP contribution in [0, 0.1) is 0 Å². The van der Waals surface area contributed by atoms with Gasteiger partial charge in [0.2, 0.25) is 5.89 Å². The maximum absolute atomic E-state index is 11.7. The normalized spacial score (nSPS) is 10.8. The van der Waals surface area contributed by atoms with Crippen LogP contribution in [0.15, 0.2) is 38.4 Å². The Morgan fingerprint density at radius 1 is 1.37 bits per heavy atom. The van der Waals surface area contributed by atoms with Crippen LogP contribution in [0.2, 0.25) is 0 Å². The van der Waals surface area contributed by atoms with Crippen molar-refractivity contribution in [3.05, 3.63) is 40.7 Å². The van der Waals surface area contributed by atoms with E-state index in [0.29, 0.717) is 24.4 Å². The predicted molar refractivity (Wildman–Crippen MR) is 73.9 cm³/mol. The van der Waals surface area contributed by atoms with Gasteiger partial charge in [-0.25, -0.2) is 4.79 Å². The zero-order chi connectivity index (χ0) is 13.7. The van der Waals surface area contributed by atoms with Gasteiger partial charge in [0.1, 0.15) is 0 Å². The van der Waals surface area contributed by atoms with Crippen LogP contribution in [-0.4, -0.2) is 27.2 Å². The van der Waals surface area contributed by atoms with E-state index in [0.717, 1.165) is 10.6 Å². The SMILES string of the molecule is CCSc1ccc(-n2nc(CCCO)oc2=O)cc1. The van der Waals surface area contributed by atoms with E-state index in [-0.39, 0.29) is 6.61 Å². The monoisotopic (exact) mass is 280 g/mol. The summed E-state index contributed by atoms with van der Waals surface area (Å²) < 4.78 is 6.27. The molecule has 2 aromatic rings. The molecule has 102 valence electrons. The molecule has 0 fully saturated rings. The molecule has 1 N–H and O–H groups in total. The fraction of sp³-hybridized carbons (Fsp3) is 0.385. The quantitative estimate of drug-likeness (QED) is 0.818. The molecule has 5 nitrogen and oxygen atoms in total. The van der Waals surface area contributed by atoms with E-state index in [2.05, 4.69) is 12.0 Å². The van der Waals surface area contributed by atoms with E-state index in [4.69, 9.17) is 9.52 Å². The molecule has 19 heavy (non-hydrogen) atoms. The minimum Gasteiger partial charge on any atom is -0.396 e. The first kappa shape index (κ1) is 13.9. The fourth-order valence-electron chi connectivity index (χ4n) is 1.66. The van der Waals surface area contributed by atoms with Crippen LogP contribution in [0.25, 0.3) is 5.69 Å². The van der Waals surface area contributed by atoms with Crippen molar-refractivity contribution in [2.75, 3.05) is 12.4 Å². The van der Waals surface area contributed by atoms with Crippen LogP contribution < -0.4 is 5.76 Å². The second kappa shape index (κ2) is 6.58. The van der Waals surface area contributed by atoms with Gasteiger partial charge in [-0.1, -0.05) is 6.92 Å². The maximum Gasteiger partial charge on any atom is 0.441 e. The second-order valence-electron chi connectivity index (χ2n) is 3.93. The summed E-state index contributed by atoms with van der Waals surface area (Å²) in [4.78, 5) is 12.8. The van der Waals surface area contributed by atoms with E-state index in [1.807, 2.05) is 24.3 Å². The molecule has 0 aliphatic rings. The Bertz CT molecular complexity index is 574. The lowest BCUT2D eigenvalue weighted by atomic mass is 10.3. The van der Waals surface area contributed by atoms with Gasteiger partial charge in [0, 0.05) is 17.9 Å². The average Bonchev–Trinajstić information content (AvgIpc) is 2.79. The molecule has 0 radical (unpaired) electrons. The van der Waals surface area contributed by atoms with Gasteiger partial charge in [-0.3, -0.25) is 0 Å². The first-order valence-electron chi connectivity index (χ1n) is 6.17. The van der Waals surface area contributed by atoms with Gasteiger partial charge in [-0.15, -0.1) is 16.9 Å². The van der Waals surface area contributed by atoms with Gasteiger partial charge in [0.25, 0.3) is 0 Å². The largest absolute Gasteiger partial charge is 0.441 e. The number of benzene rings is 1. The number of hydrogen-bond donors (Lipinski definition) is 1. The van der Waals surface area contributed by atoms with Gasteiger partial charge >= 0.3 is 5.76 Å². The van der Waals surface area contributed by atoms with Crippen LogP contribution in [0.1, 0.15) is 19.2 Å². The van der Waals surface area contributed by atoms with Crippen molar-refractivity contribution in [3.63, 3.8) is 0 Å². The second-order valence-corrected chi connectivity index (χ2v) is 5.27. The molecular weight excluding hydrogens is 264 g/mol. The van der Waals surface area contributed by atoms with Gasteiger partial charge in [0.15, 0.2) is 0 Å². The van der Waals surface area contributed by atoms with Gasteiger partial charge < -0.3 is 9.52 Å². The zero-order valence-corrected chi connectivity index (χ0v) is 11.5. The average molecular weight is 280 g/mol. The number of aryl methyl sites for hydroxylation is 1. The Kier molecular flexibility index (Phi) is 4.81. The maximum atomic E-state index is 11.7. The number of aliphatic hydroxyl groups excluding tert-OH is 1. The van der Waals surface area contributed by atoms with E-state index < -0.39 is 5.76 Å². The Morgan fingerprint density at radius 3 is 2.74 bits per heavy atom. The standard InChI is InChI=1S/C13H16N2O3S/c1-2-19-11-7-5-10(6-8-11)15-13(17)18-12(14-15)4-3-9-16/h5-8,16H,2-4,9H2,1H3. The van der Waals surface area contributed by atoms with E-state index in [1.54, 1.807) is 11.8 Å². The summed E-state index contributed by atoms with van der Waals surface area (Å²) in [6.07, 6.45) is 0.995. The molecule has 0 aliphatic carbocycles. The molecule has 1 aromatic carbocycles. The fourth-order valence-corrected chi connectivity index (χ4v) is 2.32. The minimum absolute atomic E-state index is 0.0551. The third kappa shape index (κ3) is 3.48.